The molecule has 0 aliphatic rings. The van der Waals surface area contributed by atoms with E-state index in [1.807, 2.05) is 0 Å². The molecule has 0 bridgehead atoms. The lowest BCUT2D eigenvalue weighted by atomic mass is 9.90. The maximum atomic E-state index is 2.25. The van der Waals surface area contributed by atoms with Gasteiger partial charge in [-0.25, -0.2) is 0 Å². The van der Waals surface area contributed by atoms with Gasteiger partial charge in [-0.3, -0.25) is 0 Å². The number of hydrogen-bond acceptors (Lipinski definition) is 0. The fourth-order valence-corrected chi connectivity index (χ4v) is 3.58. The molecule has 5 aromatic carbocycles. The average molecular weight is 316 g/mol. The van der Waals surface area contributed by atoms with Crippen molar-refractivity contribution in [1.82, 2.24) is 0 Å². The van der Waals surface area contributed by atoms with E-state index in [1.165, 1.54) is 43.1 Å². The van der Waals surface area contributed by atoms with Crippen LogP contribution in [-0.4, -0.2) is 0 Å². The summed E-state index contributed by atoms with van der Waals surface area (Å²) in [7, 11) is 0. The SMILES string of the molecule is C.C.C.C.c1cc2cccc3c4cccc5cccc(c(c1)c23)c54. The van der Waals surface area contributed by atoms with E-state index in [4.69, 9.17) is 0 Å². The van der Waals surface area contributed by atoms with Gasteiger partial charge in [-0.1, -0.05) is 103 Å². The Balaban J connectivity index is 0.000000720. The molecule has 0 spiro atoms. The largest absolute Gasteiger partial charge is 0.0776 e. The highest BCUT2D eigenvalue weighted by Crippen LogP contribution is 2.39. The third-order valence-electron chi connectivity index (χ3n) is 4.39. The van der Waals surface area contributed by atoms with Gasteiger partial charge < -0.3 is 0 Å². The van der Waals surface area contributed by atoms with Gasteiger partial charge in [0.25, 0.3) is 0 Å². The van der Waals surface area contributed by atoms with Crippen LogP contribution in [-0.2, 0) is 0 Å². The van der Waals surface area contributed by atoms with E-state index in [1.54, 1.807) is 0 Å². The van der Waals surface area contributed by atoms with E-state index >= 15 is 0 Å². The molecule has 0 heterocycles. The van der Waals surface area contributed by atoms with Gasteiger partial charge in [-0.15, -0.1) is 0 Å². The molecule has 0 saturated carbocycles. The first-order valence-corrected chi connectivity index (χ1v) is 6.98. The van der Waals surface area contributed by atoms with E-state index in [9.17, 15) is 0 Å². The van der Waals surface area contributed by atoms with Crippen LogP contribution in [0.5, 0.6) is 0 Å². The predicted molar refractivity (Wildman–Crippen MR) is 115 cm³/mol. The molecule has 0 heteroatoms. The van der Waals surface area contributed by atoms with Crippen molar-refractivity contribution in [2.45, 2.75) is 29.7 Å². The minimum atomic E-state index is 0. The molecule has 0 amide bonds. The highest BCUT2D eigenvalue weighted by atomic mass is 14.1. The van der Waals surface area contributed by atoms with Gasteiger partial charge in [0.1, 0.15) is 0 Å². The fraction of sp³-hybridized carbons (Fsp3) is 0.167. The zero-order valence-corrected chi connectivity index (χ0v) is 10.9. The smallest absolute Gasteiger partial charge is 0.00264 e. The quantitative estimate of drug-likeness (QED) is 0.199. The second-order valence-corrected chi connectivity index (χ2v) is 5.42. The third-order valence-corrected chi connectivity index (χ3v) is 4.39. The highest BCUT2D eigenvalue weighted by molar-refractivity contribution is 6.32. The zero-order valence-electron chi connectivity index (χ0n) is 10.9. The Kier molecular flexibility index (Phi) is 5.58. The van der Waals surface area contributed by atoms with Crippen molar-refractivity contribution < 1.29 is 0 Å². The van der Waals surface area contributed by atoms with Crippen LogP contribution in [0.2, 0.25) is 0 Å². The topological polar surface area (TPSA) is 0 Å². The van der Waals surface area contributed by atoms with Crippen molar-refractivity contribution in [3.05, 3.63) is 72.8 Å². The monoisotopic (exact) mass is 316 g/mol. The molecule has 0 nitrogen and oxygen atoms in total. The van der Waals surface area contributed by atoms with Crippen LogP contribution in [0.4, 0.5) is 0 Å². The first-order chi connectivity index (χ1) is 9.93. The number of rotatable bonds is 0. The molecule has 0 saturated heterocycles. The molecule has 5 aromatic rings. The fourth-order valence-electron chi connectivity index (χ4n) is 3.58. The zero-order chi connectivity index (χ0) is 13.1. The van der Waals surface area contributed by atoms with Gasteiger partial charge in [-0.05, 0) is 43.1 Å². The van der Waals surface area contributed by atoms with Gasteiger partial charge in [-0.2, -0.15) is 0 Å². The summed E-state index contributed by atoms with van der Waals surface area (Å²) in [6.45, 7) is 0. The maximum Gasteiger partial charge on any atom is -0.00264 e. The molecule has 0 aromatic heterocycles. The predicted octanol–water partition coefficient (Wildman–Crippen LogP) is 8.28. The number of hydrogen-bond donors (Lipinski definition) is 0. The lowest BCUT2D eigenvalue weighted by molar-refractivity contribution is 1.78. The summed E-state index contributed by atoms with van der Waals surface area (Å²) in [4.78, 5) is 0. The summed E-state index contributed by atoms with van der Waals surface area (Å²) in [6.07, 6.45) is 0. The van der Waals surface area contributed by atoms with Crippen molar-refractivity contribution in [3.63, 3.8) is 0 Å². The van der Waals surface area contributed by atoms with Crippen LogP contribution in [0.15, 0.2) is 72.8 Å². The number of fused-ring (bicyclic) bond motifs is 2. The Hall–Kier alpha value is -2.60. The third kappa shape index (κ3) is 2.30. The molecular formula is C24H28. The van der Waals surface area contributed by atoms with Crippen LogP contribution in [0.1, 0.15) is 29.7 Å². The average Bonchev–Trinajstić information content (AvgIpc) is 2.52. The van der Waals surface area contributed by atoms with Crippen LogP contribution < -0.4 is 0 Å². The van der Waals surface area contributed by atoms with E-state index < -0.39 is 0 Å². The van der Waals surface area contributed by atoms with Gasteiger partial charge in [0, 0.05) is 0 Å². The van der Waals surface area contributed by atoms with Crippen LogP contribution in [0, 0.1) is 0 Å². The molecule has 0 aliphatic carbocycles. The molecule has 0 radical (unpaired) electrons. The molecule has 0 aliphatic heterocycles. The van der Waals surface area contributed by atoms with Gasteiger partial charge in [0.05, 0.1) is 0 Å². The molecular weight excluding hydrogens is 288 g/mol. The van der Waals surface area contributed by atoms with Gasteiger partial charge in [0.15, 0.2) is 0 Å². The summed E-state index contributed by atoms with van der Waals surface area (Å²) in [5.74, 6) is 0. The van der Waals surface area contributed by atoms with Gasteiger partial charge in [0.2, 0.25) is 0 Å². The van der Waals surface area contributed by atoms with Crippen molar-refractivity contribution in [1.29, 1.82) is 0 Å². The van der Waals surface area contributed by atoms with E-state index in [-0.39, 0.29) is 29.7 Å². The lowest BCUT2D eigenvalue weighted by Crippen LogP contribution is -1.85. The Morgan fingerprint density at radius 1 is 0.333 bits per heavy atom. The van der Waals surface area contributed by atoms with E-state index in [0.717, 1.165) is 0 Å². The molecule has 0 atom stereocenters. The van der Waals surface area contributed by atoms with Crippen LogP contribution in [0.3, 0.4) is 0 Å². The minimum absolute atomic E-state index is 0. The van der Waals surface area contributed by atoms with E-state index in [0.29, 0.717) is 0 Å². The van der Waals surface area contributed by atoms with Crippen LogP contribution >= 0.6 is 0 Å². The summed E-state index contributed by atoms with van der Waals surface area (Å²) < 4.78 is 0. The summed E-state index contributed by atoms with van der Waals surface area (Å²) in [6, 6.07) is 26.4. The van der Waals surface area contributed by atoms with Crippen LogP contribution in [0.25, 0.3) is 43.1 Å². The van der Waals surface area contributed by atoms with Crippen molar-refractivity contribution in [3.8, 4) is 0 Å². The summed E-state index contributed by atoms with van der Waals surface area (Å²) in [5, 5.41) is 10.9. The highest BCUT2D eigenvalue weighted by Gasteiger charge is 2.11. The molecule has 0 fully saturated rings. The van der Waals surface area contributed by atoms with Crippen molar-refractivity contribution in [2.24, 2.45) is 0 Å². The summed E-state index contributed by atoms with van der Waals surface area (Å²) >= 11 is 0. The van der Waals surface area contributed by atoms with Gasteiger partial charge >= 0.3 is 0 Å². The normalized spacial score (nSPS) is 10.0. The first-order valence-electron chi connectivity index (χ1n) is 6.98. The Morgan fingerprint density at radius 2 is 0.583 bits per heavy atom. The summed E-state index contributed by atoms with van der Waals surface area (Å²) in [5.41, 5.74) is 0. The Morgan fingerprint density at radius 3 is 0.833 bits per heavy atom. The van der Waals surface area contributed by atoms with Crippen molar-refractivity contribution >= 4 is 43.1 Å². The second-order valence-electron chi connectivity index (χ2n) is 5.42. The molecule has 0 N–H and O–H groups in total. The Labute approximate surface area is 146 Å². The molecule has 124 valence electrons. The second kappa shape index (κ2) is 6.88. The van der Waals surface area contributed by atoms with Crippen molar-refractivity contribution in [2.75, 3.05) is 0 Å². The Bertz CT molecular complexity index is 917. The number of benzene rings is 5. The first kappa shape index (κ1) is 19.4. The lowest BCUT2D eigenvalue weighted by Gasteiger charge is -2.13. The molecule has 24 heavy (non-hydrogen) atoms. The standard InChI is InChI=1S/C20H12.4CH4/c1-5-13-6-2-11-17-18-12-4-8-14-7-3-10-16(20(14)18)15(9-1)19(13)17;;;;/h1-12H;4*1H4. The molecule has 0 unspecified atom stereocenters. The maximum absolute atomic E-state index is 2.25. The minimum Gasteiger partial charge on any atom is -0.0776 e. The van der Waals surface area contributed by atoms with E-state index in [2.05, 4.69) is 72.8 Å². The molecule has 5 rings (SSSR count).